The molecule has 1 saturated heterocycles. The second-order valence-electron chi connectivity index (χ2n) is 5.90. The molecule has 1 aliphatic heterocycles. The molecule has 20 heavy (non-hydrogen) atoms. The number of Topliss-reactive ketones (excluding diaryl/α,β-unsaturated/α-hetero) is 1. The van der Waals surface area contributed by atoms with E-state index in [0.29, 0.717) is 6.10 Å². The fraction of sp³-hybridized carbons (Fsp3) is 0.688. The zero-order valence-electron chi connectivity index (χ0n) is 12.9. The van der Waals surface area contributed by atoms with Gasteiger partial charge in [0.05, 0.1) is 6.10 Å². The van der Waals surface area contributed by atoms with Gasteiger partial charge in [0, 0.05) is 37.7 Å². The van der Waals surface area contributed by atoms with Crippen LogP contribution in [0, 0.1) is 0 Å². The van der Waals surface area contributed by atoms with Gasteiger partial charge in [-0.15, -0.1) is 0 Å². The van der Waals surface area contributed by atoms with E-state index in [0.717, 1.165) is 31.7 Å². The summed E-state index contributed by atoms with van der Waals surface area (Å²) >= 11 is 0. The number of aromatic nitrogens is 1. The Balaban J connectivity index is 1.75. The van der Waals surface area contributed by atoms with Crippen molar-refractivity contribution in [3.63, 3.8) is 0 Å². The van der Waals surface area contributed by atoms with Gasteiger partial charge in [-0.25, -0.2) is 0 Å². The lowest BCUT2D eigenvalue weighted by Gasteiger charge is -2.18. The molecule has 112 valence electrons. The number of carbonyl (C=O) groups excluding carboxylic acids is 1. The SMILES string of the molecule is CC(=O)c1cc(CN(C)CCC[C@H]2CCCO2)n(C)c1. The van der Waals surface area contributed by atoms with Crippen molar-refractivity contribution in [2.75, 3.05) is 20.2 Å². The first-order valence-corrected chi connectivity index (χ1v) is 7.52. The third-order valence-electron chi connectivity index (χ3n) is 4.04. The minimum atomic E-state index is 0.132. The van der Waals surface area contributed by atoms with Crippen LogP contribution in [-0.2, 0) is 18.3 Å². The number of carbonyl (C=O) groups is 1. The second kappa shape index (κ2) is 7.04. The minimum absolute atomic E-state index is 0.132. The maximum Gasteiger partial charge on any atom is 0.161 e. The summed E-state index contributed by atoms with van der Waals surface area (Å²) < 4.78 is 7.69. The highest BCUT2D eigenvalue weighted by molar-refractivity contribution is 5.94. The molecule has 0 aliphatic carbocycles. The molecule has 1 aromatic rings. The van der Waals surface area contributed by atoms with Crippen LogP contribution < -0.4 is 0 Å². The van der Waals surface area contributed by atoms with Gasteiger partial charge >= 0.3 is 0 Å². The number of hydrogen-bond acceptors (Lipinski definition) is 3. The first-order valence-electron chi connectivity index (χ1n) is 7.52. The van der Waals surface area contributed by atoms with Crippen LogP contribution in [0.1, 0.15) is 48.7 Å². The van der Waals surface area contributed by atoms with Crippen molar-refractivity contribution in [3.8, 4) is 0 Å². The molecule has 4 heteroatoms. The van der Waals surface area contributed by atoms with Crippen molar-refractivity contribution >= 4 is 5.78 Å². The van der Waals surface area contributed by atoms with Gasteiger partial charge in [-0.05, 0) is 52.3 Å². The third kappa shape index (κ3) is 4.18. The first kappa shape index (κ1) is 15.3. The van der Waals surface area contributed by atoms with E-state index in [1.807, 2.05) is 23.9 Å². The van der Waals surface area contributed by atoms with Crippen LogP contribution in [-0.4, -0.2) is 41.6 Å². The van der Waals surface area contributed by atoms with Gasteiger partial charge in [-0.2, -0.15) is 0 Å². The van der Waals surface area contributed by atoms with Gasteiger partial charge in [-0.1, -0.05) is 0 Å². The Bertz CT molecular complexity index is 447. The topological polar surface area (TPSA) is 34.5 Å². The highest BCUT2D eigenvalue weighted by Crippen LogP contribution is 2.17. The quantitative estimate of drug-likeness (QED) is 0.719. The van der Waals surface area contributed by atoms with Crippen molar-refractivity contribution in [2.24, 2.45) is 7.05 Å². The number of ether oxygens (including phenoxy) is 1. The molecule has 1 aliphatic rings. The van der Waals surface area contributed by atoms with Crippen LogP contribution in [0.5, 0.6) is 0 Å². The first-order chi connectivity index (χ1) is 9.56. The summed E-state index contributed by atoms with van der Waals surface area (Å²) in [6, 6.07) is 2.00. The van der Waals surface area contributed by atoms with E-state index >= 15 is 0 Å². The van der Waals surface area contributed by atoms with Crippen LogP contribution in [0.3, 0.4) is 0 Å². The molecule has 2 rings (SSSR count). The van der Waals surface area contributed by atoms with Gasteiger partial charge in [-0.3, -0.25) is 4.79 Å². The molecular formula is C16H26N2O2. The molecule has 1 aromatic heterocycles. The predicted molar refractivity (Wildman–Crippen MR) is 80.0 cm³/mol. The molecule has 0 bridgehead atoms. The van der Waals surface area contributed by atoms with E-state index in [2.05, 4.69) is 11.9 Å². The van der Waals surface area contributed by atoms with E-state index in [4.69, 9.17) is 4.74 Å². The van der Waals surface area contributed by atoms with Crippen LogP contribution in [0.4, 0.5) is 0 Å². The van der Waals surface area contributed by atoms with E-state index in [-0.39, 0.29) is 5.78 Å². The number of rotatable bonds is 7. The smallest absolute Gasteiger partial charge is 0.161 e. The average Bonchev–Trinajstić information content (AvgIpc) is 3.00. The maximum atomic E-state index is 11.4. The Morgan fingerprint density at radius 2 is 2.35 bits per heavy atom. The standard InChI is InChI=1S/C16H26N2O2/c1-13(19)14-10-15(18(3)11-14)12-17(2)8-4-6-16-7-5-9-20-16/h10-11,16H,4-9,12H2,1-3H3/t16-/m0/s1. The Hall–Kier alpha value is -1.13. The monoisotopic (exact) mass is 278 g/mol. The zero-order valence-corrected chi connectivity index (χ0v) is 12.9. The van der Waals surface area contributed by atoms with E-state index in [1.54, 1.807) is 6.92 Å². The number of nitrogens with zero attached hydrogens (tertiary/aromatic N) is 2. The lowest BCUT2D eigenvalue weighted by Crippen LogP contribution is -2.21. The molecule has 0 amide bonds. The molecule has 0 spiro atoms. The normalized spacial score (nSPS) is 18.9. The Morgan fingerprint density at radius 1 is 1.55 bits per heavy atom. The molecule has 4 nitrogen and oxygen atoms in total. The summed E-state index contributed by atoms with van der Waals surface area (Å²) in [5.41, 5.74) is 1.99. The molecule has 1 atom stereocenters. The highest BCUT2D eigenvalue weighted by Gasteiger charge is 2.15. The van der Waals surface area contributed by atoms with Crippen molar-refractivity contribution in [2.45, 2.75) is 45.3 Å². The molecule has 0 saturated carbocycles. The molecular weight excluding hydrogens is 252 g/mol. The fourth-order valence-electron chi connectivity index (χ4n) is 2.78. The molecule has 0 N–H and O–H groups in total. The molecule has 2 heterocycles. The van der Waals surface area contributed by atoms with Crippen LogP contribution in [0.2, 0.25) is 0 Å². The third-order valence-corrected chi connectivity index (χ3v) is 4.04. The average molecular weight is 278 g/mol. The Morgan fingerprint density at radius 3 is 2.95 bits per heavy atom. The van der Waals surface area contributed by atoms with Gasteiger partial charge in [0.15, 0.2) is 5.78 Å². The summed E-state index contributed by atoms with van der Waals surface area (Å²) in [7, 11) is 4.14. The summed E-state index contributed by atoms with van der Waals surface area (Å²) in [5.74, 6) is 0.132. The number of aryl methyl sites for hydroxylation is 1. The van der Waals surface area contributed by atoms with Crippen molar-refractivity contribution < 1.29 is 9.53 Å². The van der Waals surface area contributed by atoms with Gasteiger partial charge in [0.2, 0.25) is 0 Å². The van der Waals surface area contributed by atoms with E-state index in [9.17, 15) is 4.79 Å². The molecule has 0 unspecified atom stereocenters. The molecule has 0 radical (unpaired) electrons. The van der Waals surface area contributed by atoms with Crippen LogP contribution in [0.15, 0.2) is 12.3 Å². The van der Waals surface area contributed by atoms with Crippen LogP contribution in [0.25, 0.3) is 0 Å². The van der Waals surface area contributed by atoms with Crippen LogP contribution >= 0.6 is 0 Å². The summed E-state index contributed by atoms with van der Waals surface area (Å²) in [6.07, 6.45) is 7.18. The summed E-state index contributed by atoms with van der Waals surface area (Å²) in [6.45, 7) is 4.51. The second-order valence-corrected chi connectivity index (χ2v) is 5.90. The van der Waals surface area contributed by atoms with Crippen molar-refractivity contribution in [1.82, 2.24) is 9.47 Å². The van der Waals surface area contributed by atoms with Gasteiger partial charge in [0.25, 0.3) is 0 Å². The Labute approximate surface area is 121 Å². The number of hydrogen-bond donors (Lipinski definition) is 0. The van der Waals surface area contributed by atoms with Gasteiger partial charge in [0.1, 0.15) is 0 Å². The zero-order chi connectivity index (χ0) is 14.5. The van der Waals surface area contributed by atoms with Crippen molar-refractivity contribution in [1.29, 1.82) is 0 Å². The lowest BCUT2D eigenvalue weighted by molar-refractivity contribution is 0.0993. The largest absolute Gasteiger partial charge is 0.378 e. The molecule has 0 aromatic carbocycles. The summed E-state index contributed by atoms with van der Waals surface area (Å²) in [5, 5.41) is 0. The van der Waals surface area contributed by atoms with Crippen molar-refractivity contribution in [3.05, 3.63) is 23.5 Å². The molecule has 1 fully saturated rings. The van der Waals surface area contributed by atoms with Gasteiger partial charge < -0.3 is 14.2 Å². The number of ketones is 1. The van der Waals surface area contributed by atoms with E-state index < -0.39 is 0 Å². The maximum absolute atomic E-state index is 11.4. The summed E-state index contributed by atoms with van der Waals surface area (Å²) in [4.78, 5) is 13.7. The lowest BCUT2D eigenvalue weighted by atomic mass is 10.1. The highest BCUT2D eigenvalue weighted by atomic mass is 16.5. The predicted octanol–water partition coefficient (Wildman–Crippen LogP) is 2.62. The minimum Gasteiger partial charge on any atom is -0.378 e. The Kier molecular flexibility index (Phi) is 5.38. The van der Waals surface area contributed by atoms with E-state index in [1.165, 1.54) is 25.0 Å². The fourth-order valence-corrected chi connectivity index (χ4v) is 2.78.